The van der Waals surface area contributed by atoms with Gasteiger partial charge in [-0.15, -0.1) is 11.3 Å². The molecule has 6 heteroatoms. The number of benzene rings is 2. The van der Waals surface area contributed by atoms with E-state index in [9.17, 15) is 4.79 Å². The van der Waals surface area contributed by atoms with E-state index in [0.29, 0.717) is 16.5 Å². The fourth-order valence-corrected chi connectivity index (χ4v) is 5.30. The van der Waals surface area contributed by atoms with E-state index in [2.05, 4.69) is 22.1 Å². The van der Waals surface area contributed by atoms with Crippen LogP contribution >= 0.6 is 34.5 Å². The fraction of sp³-hybridized carbons (Fsp3) is 0.174. The third kappa shape index (κ3) is 3.46. The number of nitrogens with one attached hydrogen (secondary N) is 2. The quantitative estimate of drug-likeness (QED) is 0.448. The molecule has 2 N–H and O–H groups in total. The molecule has 1 aromatic heterocycles. The molecule has 2 aromatic carbocycles. The molecule has 0 unspecified atom stereocenters. The Kier molecular flexibility index (Phi) is 4.86. The molecular formula is C23H18Cl2N2OS. The first-order chi connectivity index (χ1) is 14.1. The maximum absolute atomic E-state index is 13.4. The molecule has 0 radical (unpaired) electrons. The summed E-state index contributed by atoms with van der Waals surface area (Å²) in [5.74, 6) is 0.363. The minimum atomic E-state index is -0.285. The Hall–Kier alpha value is -2.27. The highest BCUT2D eigenvalue weighted by Crippen LogP contribution is 2.45. The molecule has 2 atom stereocenters. The van der Waals surface area contributed by atoms with Gasteiger partial charge in [0.2, 0.25) is 0 Å². The van der Waals surface area contributed by atoms with Crippen LogP contribution in [0.3, 0.4) is 0 Å². The van der Waals surface area contributed by atoms with Crippen molar-refractivity contribution in [1.82, 2.24) is 0 Å². The molecule has 2 aliphatic rings. The summed E-state index contributed by atoms with van der Waals surface area (Å²) >= 11 is 14.1. The van der Waals surface area contributed by atoms with Gasteiger partial charge in [-0.25, -0.2) is 0 Å². The maximum atomic E-state index is 13.4. The predicted molar refractivity (Wildman–Crippen MR) is 121 cm³/mol. The lowest BCUT2D eigenvalue weighted by Crippen LogP contribution is -2.26. The molecule has 0 amide bonds. The number of ketones is 1. The maximum Gasteiger partial charge on any atom is 0.163 e. The lowest BCUT2D eigenvalue weighted by molar-refractivity contribution is -0.116. The predicted octanol–water partition coefficient (Wildman–Crippen LogP) is 7.03. The summed E-state index contributed by atoms with van der Waals surface area (Å²) in [7, 11) is 0. The van der Waals surface area contributed by atoms with Gasteiger partial charge in [-0.3, -0.25) is 4.79 Å². The summed E-state index contributed by atoms with van der Waals surface area (Å²) < 4.78 is 0. The number of halogens is 2. The van der Waals surface area contributed by atoms with Crippen molar-refractivity contribution in [3.05, 3.63) is 91.7 Å². The molecule has 3 nitrogen and oxygen atoms in total. The van der Waals surface area contributed by atoms with Gasteiger partial charge in [0.25, 0.3) is 0 Å². The highest BCUT2D eigenvalue weighted by atomic mass is 35.5. The van der Waals surface area contributed by atoms with Crippen molar-refractivity contribution < 1.29 is 4.79 Å². The van der Waals surface area contributed by atoms with E-state index < -0.39 is 0 Å². The zero-order chi connectivity index (χ0) is 20.0. The number of Topliss-reactive ketones (excluding diaryl/α,β-unsaturated/α-hetero) is 1. The second-order valence-electron chi connectivity index (χ2n) is 7.36. The van der Waals surface area contributed by atoms with Gasteiger partial charge in [0, 0.05) is 28.5 Å². The van der Waals surface area contributed by atoms with Gasteiger partial charge in [0.05, 0.1) is 27.5 Å². The number of fused-ring (bicyclic) bond motifs is 1. The van der Waals surface area contributed by atoms with Crippen molar-refractivity contribution in [2.75, 3.05) is 10.6 Å². The minimum absolute atomic E-state index is 0.161. The van der Waals surface area contributed by atoms with Crippen LogP contribution in [0, 0.1) is 0 Å². The monoisotopic (exact) mass is 440 g/mol. The Balaban J connectivity index is 1.64. The van der Waals surface area contributed by atoms with Crippen molar-refractivity contribution in [3.8, 4) is 0 Å². The van der Waals surface area contributed by atoms with Crippen molar-refractivity contribution in [1.29, 1.82) is 0 Å². The first-order valence-corrected chi connectivity index (χ1v) is 11.1. The molecule has 146 valence electrons. The van der Waals surface area contributed by atoms with E-state index >= 15 is 0 Å². The van der Waals surface area contributed by atoms with Gasteiger partial charge in [0.1, 0.15) is 0 Å². The van der Waals surface area contributed by atoms with Gasteiger partial charge < -0.3 is 10.6 Å². The second-order valence-corrected chi connectivity index (χ2v) is 9.15. The van der Waals surface area contributed by atoms with Gasteiger partial charge in [-0.2, -0.15) is 0 Å². The molecule has 29 heavy (non-hydrogen) atoms. The standard InChI is InChI=1S/C23H18Cl2N2OS/c24-15-8-7-13(10-16(15)25)23-22-19(26-17-4-1-2-5-18(17)27-23)11-14(12-20(22)28)21-6-3-9-29-21/h1-10,14,23,26-27H,11-12H2/t14-,23+/m0/s1. The largest absolute Gasteiger partial charge is 0.372 e. The third-order valence-corrected chi connectivity index (χ3v) is 7.31. The van der Waals surface area contributed by atoms with E-state index in [1.165, 1.54) is 4.88 Å². The van der Waals surface area contributed by atoms with Crippen molar-refractivity contribution in [2.24, 2.45) is 0 Å². The van der Waals surface area contributed by atoms with Gasteiger partial charge >= 0.3 is 0 Å². The Morgan fingerprint density at radius 2 is 1.76 bits per heavy atom. The highest BCUT2D eigenvalue weighted by Gasteiger charge is 2.36. The van der Waals surface area contributed by atoms with Gasteiger partial charge in [0.15, 0.2) is 5.78 Å². The fourth-order valence-electron chi connectivity index (χ4n) is 4.16. The van der Waals surface area contributed by atoms with E-state index in [4.69, 9.17) is 23.2 Å². The van der Waals surface area contributed by atoms with E-state index in [1.54, 1.807) is 17.4 Å². The molecule has 2 heterocycles. The number of hydrogen-bond donors (Lipinski definition) is 2. The van der Waals surface area contributed by atoms with Crippen molar-refractivity contribution >= 4 is 51.7 Å². The average Bonchev–Trinajstić information content (AvgIpc) is 3.19. The van der Waals surface area contributed by atoms with Crippen LogP contribution < -0.4 is 10.6 Å². The molecule has 0 saturated carbocycles. The summed E-state index contributed by atoms with van der Waals surface area (Å²) in [4.78, 5) is 14.6. The summed E-state index contributed by atoms with van der Waals surface area (Å²) in [6.45, 7) is 0. The Labute approximate surface area is 183 Å². The molecule has 1 aliphatic carbocycles. The molecule has 0 saturated heterocycles. The second kappa shape index (κ2) is 7.52. The normalized spacial score (nSPS) is 21.0. The topological polar surface area (TPSA) is 41.1 Å². The summed E-state index contributed by atoms with van der Waals surface area (Å²) in [5, 5.41) is 10.2. The van der Waals surface area contributed by atoms with E-state index in [1.807, 2.05) is 42.5 Å². The molecule has 0 bridgehead atoms. The lowest BCUT2D eigenvalue weighted by atomic mass is 9.81. The van der Waals surface area contributed by atoms with E-state index in [-0.39, 0.29) is 17.7 Å². The molecule has 1 aliphatic heterocycles. The summed E-state index contributed by atoms with van der Waals surface area (Å²) in [5.41, 5.74) is 4.62. The first-order valence-electron chi connectivity index (χ1n) is 9.47. The Bertz CT molecular complexity index is 1120. The zero-order valence-electron chi connectivity index (χ0n) is 15.4. The van der Waals surface area contributed by atoms with Crippen LogP contribution in [-0.2, 0) is 4.79 Å². The summed E-state index contributed by atoms with van der Waals surface area (Å²) in [6.07, 6.45) is 1.31. The van der Waals surface area contributed by atoms with Crippen LogP contribution in [0.5, 0.6) is 0 Å². The number of carbonyl (C=O) groups excluding carboxylic acids is 1. The van der Waals surface area contributed by atoms with Crippen molar-refractivity contribution in [3.63, 3.8) is 0 Å². The lowest BCUT2D eigenvalue weighted by Gasteiger charge is -2.29. The molecule has 5 rings (SSSR count). The van der Waals surface area contributed by atoms with Crippen LogP contribution in [0.25, 0.3) is 0 Å². The van der Waals surface area contributed by atoms with E-state index in [0.717, 1.165) is 34.6 Å². The Morgan fingerprint density at radius 3 is 2.52 bits per heavy atom. The first kappa shape index (κ1) is 18.7. The SMILES string of the molecule is O=C1C[C@@H](c2cccs2)CC2=C1[C@@H](c1ccc(Cl)c(Cl)c1)Nc1ccccc1N2. The van der Waals surface area contributed by atoms with Crippen molar-refractivity contribution in [2.45, 2.75) is 24.8 Å². The summed E-state index contributed by atoms with van der Waals surface area (Å²) in [6, 6.07) is 17.5. The zero-order valence-corrected chi connectivity index (χ0v) is 17.7. The van der Waals surface area contributed by atoms with Gasteiger partial charge in [-0.05, 0) is 47.7 Å². The number of rotatable bonds is 2. The van der Waals surface area contributed by atoms with Crippen LogP contribution in [0.15, 0.2) is 71.2 Å². The molecule has 3 aromatic rings. The Morgan fingerprint density at radius 1 is 0.931 bits per heavy atom. The van der Waals surface area contributed by atoms with Crippen LogP contribution in [0.2, 0.25) is 10.0 Å². The number of carbonyl (C=O) groups is 1. The number of anilines is 2. The number of hydrogen-bond acceptors (Lipinski definition) is 4. The average molecular weight is 441 g/mol. The number of para-hydroxylation sites is 2. The smallest absolute Gasteiger partial charge is 0.163 e. The van der Waals surface area contributed by atoms with Crippen LogP contribution in [0.1, 0.15) is 35.2 Å². The highest BCUT2D eigenvalue weighted by molar-refractivity contribution is 7.10. The van der Waals surface area contributed by atoms with Crippen LogP contribution in [-0.4, -0.2) is 5.78 Å². The number of thiophene rings is 1. The minimum Gasteiger partial charge on any atom is -0.372 e. The molecule has 0 fully saturated rings. The van der Waals surface area contributed by atoms with Crippen LogP contribution in [0.4, 0.5) is 11.4 Å². The third-order valence-electron chi connectivity index (χ3n) is 5.53. The van der Waals surface area contributed by atoms with Gasteiger partial charge in [-0.1, -0.05) is 47.5 Å². The number of allylic oxidation sites excluding steroid dienone is 1. The molecule has 0 spiro atoms. The molecular weight excluding hydrogens is 423 g/mol.